The number of thiazole rings is 1. The summed E-state index contributed by atoms with van der Waals surface area (Å²) in [7, 11) is 0. The molecule has 0 aliphatic heterocycles. The number of rotatable bonds is 4. The lowest BCUT2D eigenvalue weighted by molar-refractivity contribution is 0.111. The number of hydrogen-bond acceptors (Lipinski definition) is 3. The zero-order chi connectivity index (χ0) is 12.3. The summed E-state index contributed by atoms with van der Waals surface area (Å²) in [5, 5.41) is 2.79. The second-order valence-electron chi connectivity index (χ2n) is 4.36. The first kappa shape index (κ1) is 12.0. The second-order valence-corrected chi connectivity index (χ2v) is 5.30. The fraction of sp³-hybridized carbons (Fsp3) is 0.286. The number of carbonyl (C=O) groups excluding carboxylic acids is 1. The summed E-state index contributed by atoms with van der Waals surface area (Å²) in [5.41, 5.74) is 3.12. The maximum atomic E-state index is 10.5. The third-order valence-corrected chi connectivity index (χ3v) is 3.56. The Morgan fingerprint density at radius 2 is 2.00 bits per heavy atom. The quantitative estimate of drug-likeness (QED) is 0.769. The summed E-state index contributed by atoms with van der Waals surface area (Å²) in [6.07, 6.45) is 1.60. The predicted octanol–water partition coefficient (Wildman–Crippen LogP) is 3.67. The Labute approximate surface area is 105 Å². The van der Waals surface area contributed by atoms with E-state index in [0.717, 1.165) is 17.7 Å². The van der Waals surface area contributed by atoms with Gasteiger partial charge in [-0.2, -0.15) is 0 Å². The Kier molecular flexibility index (Phi) is 3.69. The molecule has 0 unspecified atom stereocenters. The third kappa shape index (κ3) is 3.01. The molecule has 3 heteroatoms. The molecule has 0 spiro atoms. The van der Waals surface area contributed by atoms with Crippen molar-refractivity contribution in [1.29, 1.82) is 0 Å². The monoisotopic (exact) mass is 245 g/mol. The molecular weight excluding hydrogens is 230 g/mol. The van der Waals surface area contributed by atoms with E-state index < -0.39 is 0 Å². The van der Waals surface area contributed by atoms with Crippen LogP contribution in [0.4, 0.5) is 0 Å². The van der Waals surface area contributed by atoms with Gasteiger partial charge in [-0.3, -0.25) is 4.79 Å². The van der Waals surface area contributed by atoms with Crippen LogP contribution in [0.25, 0.3) is 0 Å². The largest absolute Gasteiger partial charge is 0.296 e. The molecule has 0 N–H and O–H groups in total. The molecule has 0 atom stereocenters. The predicted molar refractivity (Wildman–Crippen MR) is 70.8 cm³/mol. The minimum atomic E-state index is 0.531. The average molecular weight is 245 g/mol. The van der Waals surface area contributed by atoms with Crippen molar-refractivity contribution in [3.63, 3.8) is 0 Å². The van der Waals surface area contributed by atoms with Crippen LogP contribution in [0.5, 0.6) is 0 Å². The van der Waals surface area contributed by atoms with E-state index in [9.17, 15) is 4.79 Å². The second kappa shape index (κ2) is 5.23. The van der Waals surface area contributed by atoms with Crippen LogP contribution in [0.15, 0.2) is 29.6 Å². The summed E-state index contributed by atoms with van der Waals surface area (Å²) < 4.78 is 0. The topological polar surface area (TPSA) is 30.0 Å². The van der Waals surface area contributed by atoms with Crippen LogP contribution >= 0.6 is 11.3 Å². The van der Waals surface area contributed by atoms with Crippen LogP contribution in [-0.4, -0.2) is 11.3 Å². The van der Waals surface area contributed by atoms with Crippen LogP contribution in [0.3, 0.4) is 0 Å². The van der Waals surface area contributed by atoms with Gasteiger partial charge in [0.15, 0.2) is 6.29 Å². The van der Waals surface area contributed by atoms with Gasteiger partial charge < -0.3 is 0 Å². The highest BCUT2D eigenvalue weighted by Crippen LogP contribution is 2.18. The molecule has 0 amide bonds. The first-order chi connectivity index (χ1) is 8.19. The summed E-state index contributed by atoms with van der Waals surface area (Å²) in [5.74, 6) is 0.561. The van der Waals surface area contributed by atoms with Crippen LogP contribution in [0, 0.1) is 0 Å². The van der Waals surface area contributed by atoms with Crippen LogP contribution in [0.2, 0.25) is 0 Å². The van der Waals surface area contributed by atoms with Crippen LogP contribution in [-0.2, 0) is 6.42 Å². The summed E-state index contributed by atoms with van der Waals surface area (Å²) in [6, 6.07) is 8.59. The lowest BCUT2D eigenvalue weighted by atomic mass is 10.0. The first-order valence-electron chi connectivity index (χ1n) is 5.67. The fourth-order valence-corrected chi connectivity index (χ4v) is 2.43. The van der Waals surface area contributed by atoms with E-state index in [1.807, 2.05) is 0 Å². The van der Waals surface area contributed by atoms with E-state index in [1.54, 1.807) is 5.38 Å². The van der Waals surface area contributed by atoms with Gasteiger partial charge in [-0.25, -0.2) is 4.98 Å². The number of hydrogen-bond donors (Lipinski definition) is 0. The molecule has 0 saturated heterocycles. The van der Waals surface area contributed by atoms with Crippen LogP contribution < -0.4 is 0 Å². The Balaban J connectivity index is 2.10. The van der Waals surface area contributed by atoms with E-state index in [4.69, 9.17) is 0 Å². The van der Waals surface area contributed by atoms with Crippen molar-refractivity contribution < 1.29 is 4.79 Å². The molecule has 0 bridgehead atoms. The molecule has 2 rings (SSSR count). The molecule has 2 aromatic rings. The Morgan fingerprint density at radius 3 is 2.53 bits per heavy atom. The van der Waals surface area contributed by atoms with Gasteiger partial charge in [0.05, 0.1) is 5.01 Å². The zero-order valence-corrected chi connectivity index (χ0v) is 10.8. The van der Waals surface area contributed by atoms with E-state index in [1.165, 1.54) is 22.5 Å². The number of aromatic nitrogens is 1. The van der Waals surface area contributed by atoms with Crippen LogP contribution in [0.1, 0.15) is 46.4 Å². The summed E-state index contributed by atoms with van der Waals surface area (Å²) in [6.45, 7) is 4.37. The lowest BCUT2D eigenvalue weighted by Crippen LogP contribution is -1.91. The number of benzene rings is 1. The van der Waals surface area contributed by atoms with Gasteiger partial charge in [0.1, 0.15) is 5.69 Å². The van der Waals surface area contributed by atoms with Gasteiger partial charge in [-0.1, -0.05) is 38.1 Å². The molecule has 1 aromatic carbocycles. The van der Waals surface area contributed by atoms with Crippen molar-refractivity contribution in [2.75, 3.05) is 0 Å². The molecule has 0 fully saturated rings. The van der Waals surface area contributed by atoms with Crippen molar-refractivity contribution in [2.45, 2.75) is 26.2 Å². The smallest absolute Gasteiger partial charge is 0.169 e. The molecule has 1 aromatic heterocycles. The highest BCUT2D eigenvalue weighted by Gasteiger charge is 2.03. The lowest BCUT2D eigenvalue weighted by Gasteiger charge is -2.05. The Hall–Kier alpha value is -1.48. The Morgan fingerprint density at radius 1 is 1.29 bits per heavy atom. The van der Waals surface area contributed by atoms with Crippen molar-refractivity contribution in [3.8, 4) is 0 Å². The normalized spacial score (nSPS) is 10.8. The highest BCUT2D eigenvalue weighted by atomic mass is 32.1. The van der Waals surface area contributed by atoms with Gasteiger partial charge in [0, 0.05) is 11.8 Å². The van der Waals surface area contributed by atoms with Crippen molar-refractivity contribution in [3.05, 3.63) is 51.5 Å². The minimum absolute atomic E-state index is 0.531. The van der Waals surface area contributed by atoms with Gasteiger partial charge in [0.2, 0.25) is 0 Å². The molecule has 0 aliphatic carbocycles. The molecule has 0 saturated carbocycles. The average Bonchev–Trinajstić information content (AvgIpc) is 2.77. The molecule has 0 aliphatic rings. The van der Waals surface area contributed by atoms with E-state index >= 15 is 0 Å². The molecule has 17 heavy (non-hydrogen) atoms. The zero-order valence-electron chi connectivity index (χ0n) is 10.0. The van der Waals surface area contributed by atoms with Crippen molar-refractivity contribution in [1.82, 2.24) is 4.98 Å². The van der Waals surface area contributed by atoms with E-state index in [2.05, 4.69) is 43.1 Å². The maximum absolute atomic E-state index is 10.5. The van der Waals surface area contributed by atoms with Crippen molar-refractivity contribution in [2.24, 2.45) is 0 Å². The van der Waals surface area contributed by atoms with E-state index in [-0.39, 0.29) is 0 Å². The summed E-state index contributed by atoms with van der Waals surface area (Å²) in [4.78, 5) is 14.8. The molecule has 88 valence electrons. The van der Waals surface area contributed by atoms with Crippen molar-refractivity contribution >= 4 is 17.6 Å². The standard InChI is InChI=1S/C14H15NOS/c1-10(2)12-5-3-11(4-6-12)7-14-15-13(8-16)9-17-14/h3-6,8-10H,7H2,1-2H3. The van der Waals surface area contributed by atoms with E-state index in [0.29, 0.717) is 11.6 Å². The number of nitrogens with zero attached hydrogens (tertiary/aromatic N) is 1. The first-order valence-corrected chi connectivity index (χ1v) is 6.55. The molecule has 1 heterocycles. The highest BCUT2D eigenvalue weighted by molar-refractivity contribution is 7.09. The fourth-order valence-electron chi connectivity index (χ4n) is 1.66. The Bertz CT molecular complexity index is 499. The molecule has 0 radical (unpaired) electrons. The van der Waals surface area contributed by atoms with Gasteiger partial charge in [-0.05, 0) is 17.0 Å². The summed E-state index contributed by atoms with van der Waals surface area (Å²) >= 11 is 1.54. The maximum Gasteiger partial charge on any atom is 0.169 e. The number of aldehydes is 1. The van der Waals surface area contributed by atoms with Gasteiger partial charge in [-0.15, -0.1) is 11.3 Å². The minimum Gasteiger partial charge on any atom is -0.296 e. The molecular formula is C14H15NOS. The number of carbonyl (C=O) groups is 1. The molecule has 2 nitrogen and oxygen atoms in total. The third-order valence-electron chi connectivity index (χ3n) is 2.69. The van der Waals surface area contributed by atoms with Gasteiger partial charge in [0.25, 0.3) is 0 Å². The SMILES string of the molecule is CC(C)c1ccc(Cc2nc(C=O)cs2)cc1. The van der Waals surface area contributed by atoms with Gasteiger partial charge >= 0.3 is 0 Å².